The Balaban J connectivity index is 1.46. The molecule has 1 aromatic rings. The Labute approximate surface area is 142 Å². The first-order valence-corrected chi connectivity index (χ1v) is 9.05. The summed E-state index contributed by atoms with van der Waals surface area (Å²) in [6.07, 6.45) is 4.28. The van der Waals surface area contributed by atoms with E-state index in [1.807, 2.05) is 13.1 Å². The van der Waals surface area contributed by atoms with E-state index in [4.69, 9.17) is 4.74 Å². The van der Waals surface area contributed by atoms with E-state index in [-0.39, 0.29) is 0 Å². The van der Waals surface area contributed by atoms with Crippen LogP contribution in [0.5, 0.6) is 0 Å². The van der Waals surface area contributed by atoms with Crippen LogP contribution < -0.4 is 0 Å². The minimum absolute atomic E-state index is 0.494. The number of nitrogens with one attached hydrogen (secondary N) is 1. The maximum atomic E-state index is 14.1. The number of rotatable bonds is 2. The van der Waals surface area contributed by atoms with Crippen LogP contribution in [0.25, 0.3) is 0 Å². The average Bonchev–Trinajstić information content (AvgIpc) is 3.13. The van der Waals surface area contributed by atoms with Crippen molar-refractivity contribution >= 4 is 11.8 Å². The van der Waals surface area contributed by atoms with E-state index in [1.54, 1.807) is 0 Å². The first kappa shape index (κ1) is 16.5. The third kappa shape index (κ3) is 2.68. The van der Waals surface area contributed by atoms with Gasteiger partial charge in [0.25, 0.3) is 5.92 Å². The number of H-pyrrole nitrogens is 1. The Morgan fingerprint density at radius 3 is 2.83 bits per heavy atom. The van der Waals surface area contributed by atoms with Crippen LogP contribution in [-0.4, -0.2) is 51.6 Å². The second kappa shape index (κ2) is 5.78. The van der Waals surface area contributed by atoms with Gasteiger partial charge in [0.1, 0.15) is 6.61 Å². The van der Waals surface area contributed by atoms with Crippen LogP contribution >= 0.6 is 11.8 Å². The zero-order valence-electron chi connectivity index (χ0n) is 13.4. The summed E-state index contributed by atoms with van der Waals surface area (Å²) in [5.41, 5.74) is 1.47. The van der Waals surface area contributed by atoms with Gasteiger partial charge in [-0.15, -0.1) is 0 Å². The first-order chi connectivity index (χ1) is 11.4. The molecule has 4 heterocycles. The second-order valence-electron chi connectivity index (χ2n) is 6.92. The molecule has 2 fully saturated rings. The summed E-state index contributed by atoms with van der Waals surface area (Å²) < 4.78 is 47.5. The smallest absolute Gasteiger partial charge is 0.278 e. The molecule has 1 spiro atoms. The zero-order chi connectivity index (χ0) is 16.9. The monoisotopic (exact) mass is 359 g/mol. The van der Waals surface area contributed by atoms with Gasteiger partial charge in [-0.1, -0.05) is 11.8 Å². The van der Waals surface area contributed by atoms with Crippen LogP contribution in [-0.2, 0) is 11.3 Å². The molecule has 24 heavy (non-hydrogen) atoms. The van der Waals surface area contributed by atoms with E-state index in [0.717, 1.165) is 48.7 Å². The van der Waals surface area contributed by atoms with Gasteiger partial charge in [-0.2, -0.15) is 9.49 Å². The number of hydrogen-bond donors (Lipinski definition) is 1. The largest absolute Gasteiger partial charge is 0.367 e. The molecule has 0 radical (unpaired) electrons. The van der Waals surface area contributed by atoms with Gasteiger partial charge < -0.3 is 4.74 Å². The van der Waals surface area contributed by atoms with Crippen molar-refractivity contribution in [1.29, 1.82) is 0 Å². The molecule has 4 nitrogen and oxygen atoms in total. The molecule has 0 bridgehead atoms. The Bertz CT molecular complexity index is 655. The molecule has 2 saturated heterocycles. The number of aromatic amines is 1. The summed E-state index contributed by atoms with van der Waals surface area (Å²) >= 11 is 0.922. The lowest BCUT2D eigenvalue weighted by Gasteiger charge is -2.51. The predicted octanol–water partition coefficient (Wildman–Crippen LogP) is 3.26. The third-order valence-corrected chi connectivity index (χ3v) is 6.80. The SMILES string of the molecule is Cc1n[nH]cc1CN1CCC2(CC1)OCC(F)(F)C1C=C(F)SC12. The van der Waals surface area contributed by atoms with E-state index in [1.165, 1.54) is 0 Å². The highest BCUT2D eigenvalue weighted by molar-refractivity contribution is 8.03. The van der Waals surface area contributed by atoms with Gasteiger partial charge in [-0.25, -0.2) is 8.78 Å². The van der Waals surface area contributed by atoms with Crippen LogP contribution in [0.15, 0.2) is 17.4 Å². The predicted molar refractivity (Wildman–Crippen MR) is 85.5 cm³/mol. The minimum Gasteiger partial charge on any atom is -0.367 e. The maximum absolute atomic E-state index is 14.1. The number of likely N-dealkylation sites (tertiary alicyclic amines) is 1. The minimum atomic E-state index is -2.98. The molecule has 0 amide bonds. The van der Waals surface area contributed by atoms with Gasteiger partial charge in [0.05, 0.1) is 22.5 Å². The molecule has 0 aromatic carbocycles. The summed E-state index contributed by atoms with van der Waals surface area (Å²) in [6.45, 7) is 3.63. The number of nitrogens with zero attached hydrogens (tertiary/aromatic N) is 2. The van der Waals surface area contributed by atoms with Crippen molar-refractivity contribution in [2.75, 3.05) is 19.7 Å². The first-order valence-electron chi connectivity index (χ1n) is 8.17. The molecular formula is C16H20F3N3OS. The van der Waals surface area contributed by atoms with E-state index in [2.05, 4.69) is 15.1 Å². The Hall–Kier alpha value is -0.990. The topological polar surface area (TPSA) is 41.2 Å². The summed E-state index contributed by atoms with van der Waals surface area (Å²) in [6, 6.07) is 0. The number of fused-ring (bicyclic) bond motifs is 2. The molecular weight excluding hydrogens is 339 g/mol. The van der Waals surface area contributed by atoms with Gasteiger partial charge in [0.15, 0.2) is 5.16 Å². The van der Waals surface area contributed by atoms with Gasteiger partial charge in [-0.05, 0) is 25.8 Å². The fraction of sp³-hybridized carbons (Fsp3) is 0.688. The van der Waals surface area contributed by atoms with Crippen LogP contribution in [0.4, 0.5) is 13.2 Å². The van der Waals surface area contributed by atoms with Crippen molar-refractivity contribution in [2.24, 2.45) is 5.92 Å². The van der Waals surface area contributed by atoms with E-state index in [0.29, 0.717) is 12.8 Å². The second-order valence-corrected chi connectivity index (χ2v) is 8.06. The van der Waals surface area contributed by atoms with Crippen molar-refractivity contribution in [3.8, 4) is 0 Å². The molecule has 1 aromatic heterocycles. The van der Waals surface area contributed by atoms with Crippen LogP contribution in [0, 0.1) is 12.8 Å². The van der Waals surface area contributed by atoms with Gasteiger partial charge in [-0.3, -0.25) is 10.00 Å². The van der Waals surface area contributed by atoms with E-state index >= 15 is 0 Å². The molecule has 3 aliphatic rings. The van der Waals surface area contributed by atoms with Gasteiger partial charge >= 0.3 is 0 Å². The molecule has 132 valence electrons. The van der Waals surface area contributed by atoms with Crippen LogP contribution in [0.2, 0.25) is 0 Å². The number of ether oxygens (including phenoxy) is 1. The Kier molecular flexibility index (Phi) is 3.97. The van der Waals surface area contributed by atoms with Crippen LogP contribution in [0.1, 0.15) is 24.1 Å². The van der Waals surface area contributed by atoms with E-state index < -0.39 is 34.5 Å². The van der Waals surface area contributed by atoms with Crippen molar-refractivity contribution in [1.82, 2.24) is 15.1 Å². The van der Waals surface area contributed by atoms with Crippen molar-refractivity contribution in [2.45, 2.75) is 43.1 Å². The number of aryl methyl sites for hydroxylation is 1. The highest BCUT2D eigenvalue weighted by Crippen LogP contribution is 2.55. The molecule has 2 atom stereocenters. The number of hydrogen-bond acceptors (Lipinski definition) is 4. The lowest BCUT2D eigenvalue weighted by molar-refractivity contribution is -0.215. The molecule has 1 N–H and O–H groups in total. The Morgan fingerprint density at radius 2 is 2.17 bits per heavy atom. The molecule has 4 rings (SSSR count). The normalized spacial score (nSPS) is 31.9. The fourth-order valence-electron chi connectivity index (χ4n) is 3.96. The zero-order valence-corrected chi connectivity index (χ0v) is 14.2. The van der Waals surface area contributed by atoms with Crippen molar-refractivity contribution < 1.29 is 17.9 Å². The summed E-state index contributed by atoms with van der Waals surface area (Å²) in [5, 5.41) is 5.95. The van der Waals surface area contributed by atoms with E-state index in [9.17, 15) is 13.2 Å². The number of aromatic nitrogens is 2. The molecule has 2 unspecified atom stereocenters. The van der Waals surface area contributed by atoms with Gasteiger partial charge in [0.2, 0.25) is 0 Å². The van der Waals surface area contributed by atoms with Gasteiger partial charge in [0, 0.05) is 31.4 Å². The average molecular weight is 359 g/mol. The quantitative estimate of drug-likeness (QED) is 0.880. The maximum Gasteiger partial charge on any atom is 0.278 e. The molecule has 0 aliphatic carbocycles. The van der Waals surface area contributed by atoms with Crippen molar-refractivity contribution in [3.05, 3.63) is 28.7 Å². The lowest BCUT2D eigenvalue weighted by Crippen LogP contribution is -2.61. The Morgan fingerprint density at radius 1 is 1.42 bits per heavy atom. The standard InChI is InChI=1S/C16H20F3N3OS/c1-10-11(7-20-21-10)8-22-4-2-15(3-5-22)14-12(6-13(17)24-14)16(18,19)9-23-15/h6-7,12,14H,2-5,8-9H2,1H3,(H,20,21). The molecule has 3 aliphatic heterocycles. The fourth-order valence-corrected chi connectivity index (χ4v) is 5.37. The number of allylic oxidation sites excluding steroid dienone is 1. The highest BCUT2D eigenvalue weighted by Gasteiger charge is 2.60. The lowest BCUT2D eigenvalue weighted by atomic mass is 9.77. The van der Waals surface area contributed by atoms with Crippen molar-refractivity contribution in [3.63, 3.8) is 0 Å². The third-order valence-electron chi connectivity index (χ3n) is 5.47. The number of halogens is 3. The molecule has 8 heteroatoms. The molecule has 0 saturated carbocycles. The van der Waals surface area contributed by atoms with Crippen LogP contribution in [0.3, 0.4) is 0 Å². The highest BCUT2D eigenvalue weighted by atomic mass is 32.2. The summed E-state index contributed by atoms with van der Waals surface area (Å²) in [4.78, 5) is 2.28. The summed E-state index contributed by atoms with van der Waals surface area (Å²) in [5.74, 6) is -4.04. The number of alkyl halides is 2. The number of thioether (sulfide) groups is 1. The summed E-state index contributed by atoms with van der Waals surface area (Å²) in [7, 11) is 0. The number of piperidine rings is 1.